The number of para-hydroxylation sites is 1. The number of anilines is 1. The molecule has 1 aromatic carbocycles. The third kappa shape index (κ3) is 3.74. The van der Waals surface area contributed by atoms with Crippen LogP contribution in [0, 0.1) is 0 Å². The number of rotatable bonds is 4. The number of carbonyl (C=O) groups is 3. The Kier molecular flexibility index (Phi) is 5.03. The number of carbonyl (C=O) groups excluding carboxylic acids is 3. The molecule has 1 aromatic rings. The molecule has 10 heteroatoms. The molecule has 4 amide bonds. The van der Waals surface area contributed by atoms with Crippen LogP contribution in [0.2, 0.25) is 0 Å². The Bertz CT molecular complexity index is 874. The quantitative estimate of drug-likeness (QED) is 0.799. The van der Waals surface area contributed by atoms with Gasteiger partial charge in [0, 0.05) is 19.3 Å². The van der Waals surface area contributed by atoms with Gasteiger partial charge in [-0.1, -0.05) is 12.1 Å². The van der Waals surface area contributed by atoms with Crippen molar-refractivity contribution in [3.63, 3.8) is 0 Å². The molecular formula is C16H18N4O5S. The molecule has 0 radical (unpaired) electrons. The summed E-state index contributed by atoms with van der Waals surface area (Å²) in [4.78, 5) is 40.5. The van der Waals surface area contributed by atoms with E-state index >= 15 is 0 Å². The van der Waals surface area contributed by atoms with Gasteiger partial charge in [0.15, 0.2) is 5.25 Å². The molecule has 26 heavy (non-hydrogen) atoms. The molecule has 138 valence electrons. The van der Waals surface area contributed by atoms with Crippen LogP contribution in [0.3, 0.4) is 0 Å². The van der Waals surface area contributed by atoms with Gasteiger partial charge in [0.25, 0.3) is 11.8 Å². The van der Waals surface area contributed by atoms with Crippen LogP contribution in [0.5, 0.6) is 0 Å². The van der Waals surface area contributed by atoms with Gasteiger partial charge < -0.3 is 4.90 Å². The van der Waals surface area contributed by atoms with Crippen molar-refractivity contribution in [2.75, 3.05) is 17.8 Å². The van der Waals surface area contributed by atoms with E-state index in [2.05, 4.69) is 9.71 Å². The number of benzene rings is 1. The number of aliphatic imine (C=N–C) groups is 1. The summed E-state index contributed by atoms with van der Waals surface area (Å²) in [7, 11) is -4.23. The van der Waals surface area contributed by atoms with Crippen LogP contribution in [0.4, 0.5) is 10.5 Å². The van der Waals surface area contributed by atoms with Crippen molar-refractivity contribution < 1.29 is 22.8 Å². The fraction of sp³-hybridized carbons (Fsp3) is 0.375. The lowest BCUT2D eigenvalue weighted by molar-refractivity contribution is -0.118. The van der Waals surface area contributed by atoms with E-state index in [1.807, 2.05) is 5.32 Å². The number of nitrogens with one attached hydrogen (secondary N) is 2. The smallest absolute Gasteiger partial charge is 0.339 e. The minimum atomic E-state index is -4.23. The zero-order valence-corrected chi connectivity index (χ0v) is 14.7. The molecule has 9 nitrogen and oxygen atoms in total. The number of imide groups is 1. The number of amides is 4. The first kappa shape index (κ1) is 18.1. The second-order valence-electron chi connectivity index (χ2n) is 6.04. The maximum absolute atomic E-state index is 12.7. The maximum Gasteiger partial charge on any atom is 0.347 e. The van der Waals surface area contributed by atoms with Crippen LogP contribution in [-0.4, -0.2) is 55.7 Å². The molecule has 2 aliphatic rings. The van der Waals surface area contributed by atoms with Crippen molar-refractivity contribution in [2.45, 2.75) is 24.5 Å². The summed E-state index contributed by atoms with van der Waals surface area (Å²) in [6.45, 7) is 1.25. The Morgan fingerprint density at radius 3 is 2.54 bits per heavy atom. The lowest BCUT2D eigenvalue weighted by Gasteiger charge is -2.27. The Morgan fingerprint density at radius 1 is 1.15 bits per heavy atom. The van der Waals surface area contributed by atoms with Crippen LogP contribution in [0.15, 0.2) is 29.3 Å². The number of urea groups is 1. The molecule has 0 spiro atoms. The van der Waals surface area contributed by atoms with Crippen LogP contribution >= 0.6 is 0 Å². The highest BCUT2D eigenvalue weighted by molar-refractivity contribution is 7.94. The zero-order valence-electron chi connectivity index (χ0n) is 13.8. The van der Waals surface area contributed by atoms with Crippen molar-refractivity contribution in [3.05, 3.63) is 29.8 Å². The van der Waals surface area contributed by atoms with Gasteiger partial charge in [-0.2, -0.15) is 0 Å². The highest BCUT2D eigenvalue weighted by atomic mass is 32.2. The Balaban J connectivity index is 1.86. The van der Waals surface area contributed by atoms with Crippen LogP contribution in [0.25, 0.3) is 0 Å². The zero-order chi connectivity index (χ0) is 18.7. The van der Waals surface area contributed by atoms with Gasteiger partial charge in [0.2, 0.25) is 10.0 Å². The molecule has 2 aliphatic heterocycles. The minimum absolute atomic E-state index is 0.0844. The first-order chi connectivity index (χ1) is 12.4. The van der Waals surface area contributed by atoms with Gasteiger partial charge in [-0.25, -0.2) is 18.2 Å². The minimum Gasteiger partial charge on any atom is -0.339 e. The second kappa shape index (κ2) is 7.24. The number of hydrogen-bond acceptors (Lipinski definition) is 5. The topological polar surface area (TPSA) is 125 Å². The number of nitrogens with zero attached hydrogens (tertiary/aromatic N) is 2. The van der Waals surface area contributed by atoms with E-state index in [1.54, 1.807) is 17.0 Å². The van der Waals surface area contributed by atoms with E-state index in [1.165, 1.54) is 12.1 Å². The molecule has 2 heterocycles. The molecule has 0 bridgehead atoms. The molecule has 1 fully saturated rings. The summed E-state index contributed by atoms with van der Waals surface area (Å²) in [5.74, 6) is -1.25. The molecule has 0 aromatic heterocycles. The molecule has 1 atom stereocenters. The van der Waals surface area contributed by atoms with Crippen molar-refractivity contribution in [2.24, 2.45) is 4.99 Å². The van der Waals surface area contributed by atoms with E-state index in [0.717, 1.165) is 25.5 Å². The molecule has 0 aliphatic carbocycles. The summed E-state index contributed by atoms with van der Waals surface area (Å²) in [5, 5.41) is 0.186. The SMILES string of the molecule is O=C1N=CC(S(=O)(=O)Nc2ccccc2C(=O)N2CCCCC2)C(=O)N1. The summed E-state index contributed by atoms with van der Waals surface area (Å²) < 4.78 is 27.3. The van der Waals surface area contributed by atoms with Gasteiger partial charge in [-0.3, -0.25) is 19.6 Å². The Morgan fingerprint density at radius 2 is 1.85 bits per heavy atom. The van der Waals surface area contributed by atoms with Gasteiger partial charge in [-0.15, -0.1) is 0 Å². The lowest BCUT2D eigenvalue weighted by Crippen LogP contribution is -2.48. The van der Waals surface area contributed by atoms with Crippen molar-refractivity contribution in [1.29, 1.82) is 0 Å². The predicted molar refractivity (Wildman–Crippen MR) is 94.6 cm³/mol. The molecule has 0 saturated carbocycles. The van der Waals surface area contributed by atoms with Crippen molar-refractivity contribution in [1.82, 2.24) is 10.2 Å². The summed E-state index contributed by atoms with van der Waals surface area (Å²) in [6.07, 6.45) is 3.66. The van der Waals surface area contributed by atoms with Gasteiger partial charge in [0.1, 0.15) is 0 Å². The number of piperidine rings is 1. The highest BCUT2D eigenvalue weighted by Gasteiger charge is 2.36. The first-order valence-electron chi connectivity index (χ1n) is 8.17. The maximum atomic E-state index is 12.7. The molecule has 1 unspecified atom stereocenters. The van der Waals surface area contributed by atoms with Crippen LogP contribution in [-0.2, 0) is 14.8 Å². The van der Waals surface area contributed by atoms with Crippen molar-refractivity contribution in [3.8, 4) is 0 Å². The third-order valence-electron chi connectivity index (χ3n) is 4.20. The van der Waals surface area contributed by atoms with Crippen LogP contribution < -0.4 is 10.0 Å². The molecule has 3 rings (SSSR count). The van der Waals surface area contributed by atoms with Gasteiger partial charge >= 0.3 is 6.03 Å². The molecule has 1 saturated heterocycles. The molecule has 2 N–H and O–H groups in total. The first-order valence-corrected chi connectivity index (χ1v) is 9.72. The van der Waals surface area contributed by atoms with Crippen molar-refractivity contribution >= 4 is 39.8 Å². The van der Waals surface area contributed by atoms with E-state index in [-0.39, 0.29) is 17.2 Å². The number of sulfonamides is 1. The average molecular weight is 378 g/mol. The summed E-state index contributed by atoms with van der Waals surface area (Å²) in [6, 6.07) is 5.30. The van der Waals surface area contributed by atoms with Crippen LogP contribution in [0.1, 0.15) is 29.6 Å². The standard InChI is InChI=1S/C16H18N4O5S/c21-14-13(10-17-16(23)18-14)26(24,25)19-12-7-3-2-6-11(12)15(22)20-8-4-1-5-9-20/h2-3,6-7,10,13,19H,1,4-5,8-9H2,(H,18,21,23). The monoisotopic (exact) mass is 378 g/mol. The summed E-state index contributed by atoms with van der Waals surface area (Å²) in [5.41, 5.74) is 0.295. The third-order valence-corrected chi connectivity index (χ3v) is 5.71. The number of hydrogen-bond donors (Lipinski definition) is 2. The lowest BCUT2D eigenvalue weighted by atomic mass is 10.1. The Labute approximate surface area is 150 Å². The number of likely N-dealkylation sites (tertiary alicyclic amines) is 1. The van der Waals surface area contributed by atoms with E-state index in [4.69, 9.17) is 0 Å². The van der Waals surface area contributed by atoms with E-state index in [0.29, 0.717) is 13.1 Å². The average Bonchev–Trinajstić information content (AvgIpc) is 2.61. The van der Waals surface area contributed by atoms with E-state index in [9.17, 15) is 22.8 Å². The summed E-state index contributed by atoms with van der Waals surface area (Å²) >= 11 is 0. The van der Waals surface area contributed by atoms with E-state index < -0.39 is 27.2 Å². The Hall–Kier alpha value is -2.75. The molecular weight excluding hydrogens is 360 g/mol. The predicted octanol–water partition coefficient (Wildman–Crippen LogP) is 0.744. The highest BCUT2D eigenvalue weighted by Crippen LogP contribution is 2.22. The largest absolute Gasteiger partial charge is 0.347 e. The normalized spacial score (nSPS) is 20.6. The fourth-order valence-corrected chi connectivity index (χ4v) is 4.05. The van der Waals surface area contributed by atoms with Gasteiger partial charge in [-0.05, 0) is 31.4 Å². The fourth-order valence-electron chi connectivity index (χ4n) is 2.88. The second-order valence-corrected chi connectivity index (χ2v) is 7.84. The van der Waals surface area contributed by atoms with Gasteiger partial charge in [0.05, 0.1) is 11.3 Å².